The van der Waals surface area contributed by atoms with Crippen molar-refractivity contribution in [1.82, 2.24) is 9.55 Å². The highest BCUT2D eigenvalue weighted by Crippen LogP contribution is 2.12. The molecule has 1 heterocycles. The van der Waals surface area contributed by atoms with E-state index in [1.807, 2.05) is 6.92 Å². The Kier molecular flexibility index (Phi) is 3.00. The number of carboxylic acids is 1. The van der Waals surface area contributed by atoms with Gasteiger partial charge in [0.25, 0.3) is 6.30 Å². The second kappa shape index (κ2) is 4.02. The first-order valence-electron chi connectivity index (χ1n) is 4.05. The number of rotatable bonds is 4. The van der Waals surface area contributed by atoms with E-state index in [4.69, 9.17) is 5.11 Å². The molecule has 4 nitrogen and oxygen atoms in total. The van der Waals surface area contributed by atoms with Crippen LogP contribution < -0.4 is 0 Å². The molecule has 0 aliphatic heterocycles. The lowest BCUT2D eigenvalue weighted by Crippen LogP contribution is -2.16. The maximum Gasteiger partial charge on any atom is 0.359 e. The van der Waals surface area contributed by atoms with Gasteiger partial charge >= 0.3 is 5.97 Å². The molecule has 0 fully saturated rings. The van der Waals surface area contributed by atoms with Gasteiger partial charge in [-0.1, -0.05) is 6.92 Å². The number of aliphatic carboxylic acids is 1. The summed E-state index contributed by atoms with van der Waals surface area (Å²) >= 11 is 0. The molecule has 1 atom stereocenters. The summed E-state index contributed by atoms with van der Waals surface area (Å²) in [6.45, 7) is 1.92. The molecule has 1 unspecified atom stereocenters. The molecule has 72 valence electrons. The van der Waals surface area contributed by atoms with Gasteiger partial charge in [0.2, 0.25) is 0 Å². The molecule has 0 saturated heterocycles. The number of imidazole rings is 1. The standard InChI is InChI=1S/C8H11FN2O2/c1-2-3-6-10-4-5-11(6)7(9)8(12)13/h4-5,7H,2-3H2,1H3,(H,12,13). The van der Waals surface area contributed by atoms with Gasteiger partial charge in [-0.15, -0.1) is 0 Å². The summed E-state index contributed by atoms with van der Waals surface area (Å²) < 4.78 is 14.0. The molecule has 1 N–H and O–H groups in total. The van der Waals surface area contributed by atoms with Crippen LogP contribution in [0.25, 0.3) is 0 Å². The Morgan fingerprint density at radius 3 is 3.08 bits per heavy atom. The van der Waals surface area contributed by atoms with Gasteiger partial charge in [0.05, 0.1) is 0 Å². The summed E-state index contributed by atoms with van der Waals surface area (Å²) in [7, 11) is 0. The number of hydrogen-bond acceptors (Lipinski definition) is 2. The van der Waals surface area contributed by atoms with Crippen molar-refractivity contribution in [2.45, 2.75) is 26.1 Å². The highest BCUT2D eigenvalue weighted by atomic mass is 19.1. The lowest BCUT2D eigenvalue weighted by atomic mass is 10.3. The van der Waals surface area contributed by atoms with Crippen molar-refractivity contribution in [2.24, 2.45) is 0 Å². The van der Waals surface area contributed by atoms with Gasteiger partial charge in [0, 0.05) is 18.8 Å². The molecule has 0 spiro atoms. The average molecular weight is 186 g/mol. The summed E-state index contributed by atoms with van der Waals surface area (Å²) in [6, 6.07) is 0. The van der Waals surface area contributed by atoms with Crippen molar-refractivity contribution in [3.63, 3.8) is 0 Å². The summed E-state index contributed by atoms with van der Waals surface area (Å²) in [5.74, 6) is -1.02. The molecular weight excluding hydrogens is 175 g/mol. The third kappa shape index (κ3) is 2.05. The van der Waals surface area contributed by atoms with Gasteiger partial charge in [-0.25, -0.2) is 14.2 Å². The Hall–Kier alpha value is -1.39. The monoisotopic (exact) mass is 186 g/mol. The zero-order valence-corrected chi connectivity index (χ0v) is 7.27. The predicted octanol–water partition coefficient (Wildman–Crippen LogP) is 1.39. The number of aromatic nitrogens is 2. The van der Waals surface area contributed by atoms with E-state index in [0.717, 1.165) is 11.0 Å². The maximum atomic E-state index is 13.0. The fourth-order valence-corrected chi connectivity index (χ4v) is 1.09. The minimum absolute atomic E-state index is 0.470. The molecule has 0 bridgehead atoms. The van der Waals surface area contributed by atoms with Crippen molar-refractivity contribution in [1.29, 1.82) is 0 Å². The third-order valence-electron chi connectivity index (χ3n) is 1.67. The molecule has 1 aromatic rings. The van der Waals surface area contributed by atoms with Gasteiger partial charge in [-0.05, 0) is 6.42 Å². The fourth-order valence-electron chi connectivity index (χ4n) is 1.09. The molecule has 0 aliphatic rings. The molecule has 5 heteroatoms. The van der Waals surface area contributed by atoms with E-state index >= 15 is 0 Å². The number of carbonyl (C=O) groups is 1. The van der Waals surface area contributed by atoms with Gasteiger partial charge < -0.3 is 5.11 Å². The van der Waals surface area contributed by atoms with Crippen molar-refractivity contribution in [2.75, 3.05) is 0 Å². The Bertz CT molecular complexity index is 298. The smallest absolute Gasteiger partial charge is 0.359 e. The van der Waals surface area contributed by atoms with Crippen molar-refractivity contribution in [3.8, 4) is 0 Å². The molecule has 1 aromatic heterocycles. The van der Waals surface area contributed by atoms with Gasteiger partial charge in [0.15, 0.2) is 0 Å². The van der Waals surface area contributed by atoms with Crippen LogP contribution in [-0.4, -0.2) is 20.6 Å². The van der Waals surface area contributed by atoms with Crippen molar-refractivity contribution in [3.05, 3.63) is 18.2 Å². The molecule has 0 aromatic carbocycles. The zero-order chi connectivity index (χ0) is 9.84. The molecule has 0 amide bonds. The fraction of sp³-hybridized carbons (Fsp3) is 0.500. The Balaban J connectivity index is 2.86. The van der Waals surface area contributed by atoms with E-state index in [1.165, 1.54) is 12.4 Å². The average Bonchev–Trinajstić information content (AvgIpc) is 2.52. The Morgan fingerprint density at radius 1 is 1.85 bits per heavy atom. The Morgan fingerprint density at radius 2 is 2.54 bits per heavy atom. The van der Waals surface area contributed by atoms with Crippen LogP contribution in [-0.2, 0) is 11.2 Å². The van der Waals surface area contributed by atoms with Crippen molar-refractivity contribution < 1.29 is 14.3 Å². The first-order valence-corrected chi connectivity index (χ1v) is 4.05. The lowest BCUT2D eigenvalue weighted by molar-refractivity contribution is -0.146. The minimum atomic E-state index is -2.02. The van der Waals surface area contributed by atoms with Crippen LogP contribution in [0.4, 0.5) is 4.39 Å². The van der Waals surface area contributed by atoms with Gasteiger partial charge in [-0.2, -0.15) is 0 Å². The molecular formula is C8H11FN2O2. The highest BCUT2D eigenvalue weighted by molar-refractivity contribution is 5.70. The van der Waals surface area contributed by atoms with Crippen LogP contribution in [0.1, 0.15) is 25.5 Å². The highest BCUT2D eigenvalue weighted by Gasteiger charge is 2.19. The molecule has 0 aliphatic carbocycles. The number of alkyl halides is 1. The quantitative estimate of drug-likeness (QED) is 0.773. The number of carboxylic acid groups (broad SMARTS) is 1. The maximum absolute atomic E-state index is 13.0. The molecule has 13 heavy (non-hydrogen) atoms. The van der Waals surface area contributed by atoms with Crippen LogP contribution >= 0.6 is 0 Å². The van der Waals surface area contributed by atoms with E-state index in [0.29, 0.717) is 12.2 Å². The summed E-state index contributed by atoms with van der Waals surface area (Å²) in [4.78, 5) is 14.2. The third-order valence-corrected chi connectivity index (χ3v) is 1.67. The number of nitrogens with zero attached hydrogens (tertiary/aromatic N) is 2. The molecule has 0 radical (unpaired) electrons. The topological polar surface area (TPSA) is 55.1 Å². The van der Waals surface area contributed by atoms with Crippen molar-refractivity contribution >= 4 is 5.97 Å². The summed E-state index contributed by atoms with van der Waals surface area (Å²) in [6.07, 6.45) is 2.11. The summed E-state index contributed by atoms with van der Waals surface area (Å²) in [5.41, 5.74) is 0. The van der Waals surface area contributed by atoms with Crippen LogP contribution in [0.3, 0.4) is 0 Å². The second-order valence-electron chi connectivity index (χ2n) is 2.67. The first-order chi connectivity index (χ1) is 6.16. The van der Waals surface area contributed by atoms with Crippen LogP contribution in [0, 0.1) is 0 Å². The SMILES string of the molecule is CCCc1nccn1C(F)C(=O)O. The largest absolute Gasteiger partial charge is 0.478 e. The van der Waals surface area contributed by atoms with Crippen LogP contribution in [0.5, 0.6) is 0 Å². The number of halogens is 1. The van der Waals surface area contributed by atoms with E-state index in [2.05, 4.69) is 4.98 Å². The number of aryl methyl sites for hydroxylation is 1. The second-order valence-corrected chi connectivity index (χ2v) is 2.67. The van der Waals surface area contributed by atoms with E-state index < -0.39 is 12.3 Å². The van der Waals surface area contributed by atoms with Crippen LogP contribution in [0.15, 0.2) is 12.4 Å². The lowest BCUT2D eigenvalue weighted by Gasteiger charge is -2.07. The first kappa shape index (κ1) is 9.70. The van der Waals surface area contributed by atoms with E-state index in [9.17, 15) is 9.18 Å². The Labute approximate surface area is 75.0 Å². The molecule has 1 rings (SSSR count). The van der Waals surface area contributed by atoms with Gasteiger partial charge in [0.1, 0.15) is 5.82 Å². The predicted molar refractivity (Wildman–Crippen MR) is 44.0 cm³/mol. The summed E-state index contributed by atoms with van der Waals surface area (Å²) in [5, 5.41) is 8.42. The van der Waals surface area contributed by atoms with E-state index in [-0.39, 0.29) is 0 Å². The minimum Gasteiger partial charge on any atom is -0.478 e. The zero-order valence-electron chi connectivity index (χ0n) is 7.27. The van der Waals surface area contributed by atoms with Crippen LogP contribution in [0.2, 0.25) is 0 Å². The van der Waals surface area contributed by atoms with Gasteiger partial charge in [-0.3, -0.25) is 4.57 Å². The number of hydrogen-bond donors (Lipinski definition) is 1. The van der Waals surface area contributed by atoms with E-state index in [1.54, 1.807) is 0 Å². The normalized spacial score (nSPS) is 12.8. The molecule has 0 saturated carbocycles.